The number of carbonyl (C=O) groups excluding carboxylic acids is 1. The monoisotopic (exact) mass is 452 g/mol. The number of fused-ring (bicyclic) bond motifs is 1. The Labute approximate surface area is 198 Å². The highest BCUT2D eigenvalue weighted by molar-refractivity contribution is 6.07. The molecule has 1 saturated heterocycles. The fourth-order valence-corrected chi connectivity index (χ4v) is 4.25. The van der Waals surface area contributed by atoms with E-state index in [4.69, 9.17) is 0 Å². The Bertz CT molecular complexity index is 1320. The summed E-state index contributed by atoms with van der Waals surface area (Å²) < 4.78 is 14.1. The van der Waals surface area contributed by atoms with Gasteiger partial charge in [-0.15, -0.1) is 0 Å². The zero-order valence-electron chi connectivity index (χ0n) is 18.8. The standard InChI is InChI=1S/C28H25FN4O/c29-23-8-9-26-24(19-23)25(20-27(31-26)22-10-12-30-13-11-22)28(34)33-17-15-32(16-18-33)14-4-7-21-5-2-1-3-6-21/h1-13,19-20H,14-18H2/b7-4+. The number of hydrogen-bond acceptors (Lipinski definition) is 4. The topological polar surface area (TPSA) is 49.3 Å². The van der Waals surface area contributed by atoms with Crippen LogP contribution in [0.3, 0.4) is 0 Å². The molecule has 1 aliphatic rings. The highest BCUT2D eigenvalue weighted by Gasteiger charge is 2.24. The summed E-state index contributed by atoms with van der Waals surface area (Å²) in [5.74, 6) is -0.470. The number of hydrogen-bond donors (Lipinski definition) is 0. The second kappa shape index (κ2) is 9.93. The number of benzene rings is 2. The van der Waals surface area contributed by atoms with Gasteiger partial charge in [-0.05, 0) is 42.0 Å². The van der Waals surface area contributed by atoms with Crippen LogP contribution in [0.25, 0.3) is 28.2 Å². The third-order valence-corrected chi connectivity index (χ3v) is 6.11. The zero-order chi connectivity index (χ0) is 23.3. The molecule has 4 aromatic rings. The molecule has 0 radical (unpaired) electrons. The fourth-order valence-electron chi connectivity index (χ4n) is 4.25. The molecule has 0 spiro atoms. The van der Waals surface area contributed by atoms with Gasteiger partial charge in [0.25, 0.3) is 5.91 Å². The van der Waals surface area contributed by atoms with Gasteiger partial charge in [0.05, 0.1) is 16.8 Å². The lowest BCUT2D eigenvalue weighted by Gasteiger charge is -2.34. The summed E-state index contributed by atoms with van der Waals surface area (Å²) in [5, 5.41) is 0.538. The SMILES string of the molecule is O=C(c1cc(-c2ccncc2)nc2ccc(F)cc12)N1CCN(C/C=C/c2ccccc2)CC1. The van der Waals surface area contributed by atoms with Gasteiger partial charge in [0.15, 0.2) is 0 Å². The highest BCUT2D eigenvalue weighted by atomic mass is 19.1. The van der Waals surface area contributed by atoms with Gasteiger partial charge in [0, 0.05) is 56.1 Å². The number of aromatic nitrogens is 2. The maximum atomic E-state index is 14.1. The Morgan fingerprint density at radius 1 is 0.941 bits per heavy atom. The molecule has 5 rings (SSSR count). The maximum Gasteiger partial charge on any atom is 0.254 e. The first-order valence-corrected chi connectivity index (χ1v) is 11.4. The number of rotatable bonds is 5. The summed E-state index contributed by atoms with van der Waals surface area (Å²) in [7, 11) is 0. The predicted octanol–water partition coefficient (Wildman–Crippen LogP) is 4.91. The van der Waals surface area contributed by atoms with Crippen molar-refractivity contribution < 1.29 is 9.18 Å². The summed E-state index contributed by atoms with van der Waals surface area (Å²) in [4.78, 5) is 26.5. The Morgan fingerprint density at radius 2 is 1.71 bits per heavy atom. The average Bonchev–Trinajstić information content (AvgIpc) is 2.89. The van der Waals surface area contributed by atoms with Crippen molar-refractivity contribution in [3.05, 3.63) is 102 Å². The van der Waals surface area contributed by atoms with E-state index in [0.29, 0.717) is 35.2 Å². The van der Waals surface area contributed by atoms with Gasteiger partial charge in [-0.3, -0.25) is 14.7 Å². The molecule has 34 heavy (non-hydrogen) atoms. The van der Waals surface area contributed by atoms with Crippen molar-refractivity contribution >= 4 is 22.9 Å². The summed E-state index contributed by atoms with van der Waals surface area (Å²) in [5.41, 5.74) is 3.80. The molecule has 170 valence electrons. The maximum absolute atomic E-state index is 14.1. The van der Waals surface area contributed by atoms with Crippen molar-refractivity contribution in [3.63, 3.8) is 0 Å². The molecule has 0 atom stereocenters. The van der Waals surface area contributed by atoms with E-state index in [2.05, 4.69) is 39.2 Å². The van der Waals surface area contributed by atoms with Crippen molar-refractivity contribution in [1.29, 1.82) is 0 Å². The van der Waals surface area contributed by atoms with Crippen molar-refractivity contribution in [2.75, 3.05) is 32.7 Å². The molecule has 2 aromatic heterocycles. The molecule has 0 N–H and O–H groups in total. The normalized spacial score (nSPS) is 14.7. The summed E-state index contributed by atoms with van der Waals surface area (Å²) in [6.45, 7) is 3.68. The lowest BCUT2D eigenvalue weighted by Crippen LogP contribution is -2.48. The van der Waals surface area contributed by atoms with Crippen LogP contribution < -0.4 is 0 Å². The van der Waals surface area contributed by atoms with Crippen LogP contribution >= 0.6 is 0 Å². The molecule has 5 nitrogen and oxygen atoms in total. The first-order valence-electron chi connectivity index (χ1n) is 11.4. The van der Waals surface area contributed by atoms with Crippen LogP contribution in [-0.2, 0) is 0 Å². The Balaban J connectivity index is 1.33. The van der Waals surface area contributed by atoms with Gasteiger partial charge in [0.1, 0.15) is 5.82 Å². The van der Waals surface area contributed by atoms with Gasteiger partial charge in [0.2, 0.25) is 0 Å². The smallest absolute Gasteiger partial charge is 0.254 e. The molecular weight excluding hydrogens is 427 g/mol. The highest BCUT2D eigenvalue weighted by Crippen LogP contribution is 2.26. The molecule has 1 fully saturated rings. The number of amides is 1. The first-order chi connectivity index (χ1) is 16.7. The lowest BCUT2D eigenvalue weighted by molar-refractivity contribution is 0.0652. The van der Waals surface area contributed by atoms with E-state index in [0.717, 1.165) is 25.2 Å². The fraction of sp³-hybridized carbons (Fsp3) is 0.179. The van der Waals surface area contributed by atoms with Crippen LogP contribution in [0.2, 0.25) is 0 Å². The number of pyridine rings is 2. The number of nitrogens with zero attached hydrogens (tertiary/aromatic N) is 4. The molecular formula is C28H25FN4O. The molecule has 3 heterocycles. The minimum absolute atomic E-state index is 0.0900. The largest absolute Gasteiger partial charge is 0.336 e. The third kappa shape index (κ3) is 4.87. The molecule has 0 unspecified atom stereocenters. The zero-order valence-corrected chi connectivity index (χ0v) is 18.8. The van der Waals surface area contributed by atoms with Gasteiger partial charge in [-0.1, -0.05) is 42.5 Å². The first kappa shape index (κ1) is 21.9. The molecule has 0 bridgehead atoms. The Morgan fingerprint density at radius 3 is 2.47 bits per heavy atom. The van der Waals surface area contributed by atoms with Crippen molar-refractivity contribution in [3.8, 4) is 11.3 Å². The molecule has 0 saturated carbocycles. The van der Waals surface area contributed by atoms with Crippen LogP contribution in [0.4, 0.5) is 4.39 Å². The second-order valence-corrected chi connectivity index (χ2v) is 8.36. The van der Waals surface area contributed by atoms with Crippen molar-refractivity contribution in [2.45, 2.75) is 0 Å². The van der Waals surface area contributed by atoms with E-state index in [1.807, 2.05) is 35.2 Å². The Hall–Kier alpha value is -3.90. The molecule has 1 aliphatic heterocycles. The van der Waals surface area contributed by atoms with Crippen LogP contribution in [0, 0.1) is 5.82 Å². The molecule has 6 heteroatoms. The second-order valence-electron chi connectivity index (χ2n) is 8.36. The van der Waals surface area contributed by atoms with E-state index in [-0.39, 0.29) is 11.7 Å². The lowest BCUT2D eigenvalue weighted by atomic mass is 10.0. The number of carbonyl (C=O) groups is 1. The number of piperazine rings is 1. The predicted molar refractivity (Wildman–Crippen MR) is 133 cm³/mol. The van der Waals surface area contributed by atoms with Gasteiger partial charge in [-0.2, -0.15) is 0 Å². The minimum atomic E-state index is -0.380. The van der Waals surface area contributed by atoms with Crippen molar-refractivity contribution in [2.24, 2.45) is 0 Å². The van der Waals surface area contributed by atoms with E-state index < -0.39 is 0 Å². The van der Waals surface area contributed by atoms with Crippen LogP contribution in [0.15, 0.2) is 85.2 Å². The summed E-state index contributed by atoms with van der Waals surface area (Å²) in [6.07, 6.45) is 7.67. The van der Waals surface area contributed by atoms with Gasteiger partial charge < -0.3 is 4.90 Å². The van der Waals surface area contributed by atoms with Crippen LogP contribution in [-0.4, -0.2) is 58.4 Å². The molecule has 0 aliphatic carbocycles. The quantitative estimate of drug-likeness (QED) is 0.432. The van der Waals surface area contributed by atoms with E-state index in [1.54, 1.807) is 24.5 Å². The average molecular weight is 453 g/mol. The summed E-state index contributed by atoms with van der Waals surface area (Å²) >= 11 is 0. The molecule has 1 amide bonds. The Kier molecular flexibility index (Phi) is 6.40. The van der Waals surface area contributed by atoms with E-state index >= 15 is 0 Å². The van der Waals surface area contributed by atoms with Crippen LogP contribution in [0.5, 0.6) is 0 Å². The third-order valence-electron chi connectivity index (χ3n) is 6.11. The minimum Gasteiger partial charge on any atom is -0.336 e. The molecule has 2 aromatic carbocycles. The van der Waals surface area contributed by atoms with E-state index in [9.17, 15) is 9.18 Å². The van der Waals surface area contributed by atoms with Crippen molar-refractivity contribution in [1.82, 2.24) is 19.8 Å². The van der Waals surface area contributed by atoms with Gasteiger partial charge >= 0.3 is 0 Å². The van der Waals surface area contributed by atoms with Gasteiger partial charge in [-0.25, -0.2) is 9.37 Å². The number of halogens is 1. The summed E-state index contributed by atoms with van der Waals surface area (Å²) in [6, 6.07) is 20.1. The van der Waals surface area contributed by atoms with E-state index in [1.165, 1.54) is 17.7 Å². The van der Waals surface area contributed by atoms with Crippen LogP contribution in [0.1, 0.15) is 15.9 Å².